The van der Waals surface area contributed by atoms with Gasteiger partial charge in [0.1, 0.15) is 11.6 Å². The first kappa shape index (κ1) is 31.9. The van der Waals surface area contributed by atoms with E-state index in [1.54, 1.807) is 17.0 Å². The lowest BCUT2D eigenvalue weighted by molar-refractivity contribution is -0.136. The van der Waals surface area contributed by atoms with Crippen molar-refractivity contribution >= 4 is 23.8 Å². The van der Waals surface area contributed by atoms with Crippen molar-refractivity contribution in [2.24, 2.45) is 5.11 Å². The lowest BCUT2D eigenvalue weighted by Gasteiger charge is -2.36. The average Bonchev–Trinajstić information content (AvgIpc) is 3.28. The number of ether oxygens (including phenoxy) is 2. The van der Waals surface area contributed by atoms with E-state index in [1.165, 1.54) is 4.90 Å². The highest BCUT2D eigenvalue weighted by Gasteiger charge is 2.39. The number of piperidine rings is 1. The molecular weight excluding hydrogens is 552 g/mol. The summed E-state index contributed by atoms with van der Waals surface area (Å²) < 4.78 is 11.5. The topological polar surface area (TPSA) is 154 Å². The molecule has 43 heavy (non-hydrogen) atoms. The van der Waals surface area contributed by atoms with Gasteiger partial charge in [0.25, 0.3) is 5.91 Å². The Balaban J connectivity index is 1.24. The lowest BCUT2D eigenvalue weighted by Crippen LogP contribution is -2.52. The zero-order valence-electron chi connectivity index (χ0n) is 25.1. The first-order valence-corrected chi connectivity index (χ1v) is 14.9. The molecule has 1 aliphatic carbocycles. The first-order valence-electron chi connectivity index (χ1n) is 14.9. The van der Waals surface area contributed by atoms with Crippen molar-refractivity contribution < 1.29 is 28.7 Å². The zero-order valence-corrected chi connectivity index (χ0v) is 25.1. The van der Waals surface area contributed by atoms with Crippen molar-refractivity contribution in [3.63, 3.8) is 0 Å². The summed E-state index contributed by atoms with van der Waals surface area (Å²) in [6.07, 6.45) is 4.43. The van der Waals surface area contributed by atoms with Crippen LogP contribution < -0.4 is 5.32 Å². The fraction of sp³-hybridized carbons (Fsp3) is 0.613. The zero-order chi connectivity index (χ0) is 31.0. The molecule has 1 atom stereocenters. The number of nitrogens with one attached hydrogen (secondary N) is 1. The second kappa shape index (κ2) is 14.4. The summed E-state index contributed by atoms with van der Waals surface area (Å²) in [4.78, 5) is 56.0. The Morgan fingerprint density at radius 1 is 1.16 bits per heavy atom. The minimum absolute atomic E-state index is 0.0138. The Labute approximate surface area is 252 Å². The SMILES string of the molecule is CC(C)(C)OC(=O)N(CCOCCCC#Cc1cccc2c1CN(C1CCC(=O)NC1=O)C2=O)C1CCC(N=[N+]=[N-])CC1. The van der Waals surface area contributed by atoms with E-state index in [9.17, 15) is 19.2 Å². The van der Waals surface area contributed by atoms with Crippen molar-refractivity contribution in [1.82, 2.24) is 15.1 Å². The van der Waals surface area contributed by atoms with Gasteiger partial charge in [-0.3, -0.25) is 19.7 Å². The van der Waals surface area contributed by atoms with Crippen LogP contribution in [0.1, 0.15) is 93.6 Å². The lowest BCUT2D eigenvalue weighted by atomic mass is 9.91. The molecule has 3 aliphatic rings. The van der Waals surface area contributed by atoms with Gasteiger partial charge in [-0.25, -0.2) is 4.79 Å². The van der Waals surface area contributed by atoms with E-state index < -0.39 is 17.6 Å². The molecule has 230 valence electrons. The highest BCUT2D eigenvalue weighted by atomic mass is 16.6. The van der Waals surface area contributed by atoms with E-state index in [0.717, 1.165) is 36.8 Å². The summed E-state index contributed by atoms with van der Waals surface area (Å²) in [7, 11) is 0. The molecule has 0 radical (unpaired) electrons. The van der Waals surface area contributed by atoms with Gasteiger partial charge in [-0.15, -0.1) is 0 Å². The molecule has 1 saturated heterocycles. The van der Waals surface area contributed by atoms with E-state index in [0.29, 0.717) is 44.6 Å². The Kier molecular flexibility index (Phi) is 10.7. The smallest absolute Gasteiger partial charge is 0.410 e. The summed E-state index contributed by atoms with van der Waals surface area (Å²) in [5.74, 6) is 5.37. The van der Waals surface area contributed by atoms with Crippen LogP contribution in [-0.4, -0.2) is 77.1 Å². The fourth-order valence-corrected chi connectivity index (χ4v) is 5.69. The molecule has 0 aromatic heterocycles. The quantitative estimate of drug-likeness (QED) is 0.112. The van der Waals surface area contributed by atoms with Crippen LogP contribution in [0.15, 0.2) is 23.3 Å². The average molecular weight is 593 g/mol. The largest absolute Gasteiger partial charge is 0.444 e. The monoisotopic (exact) mass is 592 g/mol. The standard InChI is InChI=1S/C31H40N6O6/c1-31(2,3)43-30(41)36(23-13-11-22(12-14-23)34-35-32)17-19-42-18-6-4-5-8-21-9-7-10-24-25(21)20-37(29(24)40)26-15-16-27(38)33-28(26)39/h7,9-10,22-23,26H,4,6,11-20H2,1-3H3,(H,33,38,39). The highest BCUT2D eigenvalue weighted by molar-refractivity contribution is 6.05. The molecule has 2 heterocycles. The van der Waals surface area contributed by atoms with Crippen LogP contribution in [-0.2, 0) is 25.6 Å². The molecule has 1 saturated carbocycles. The predicted octanol–water partition coefficient (Wildman–Crippen LogP) is 4.45. The number of azide groups is 1. The van der Waals surface area contributed by atoms with Gasteiger partial charge in [-0.05, 0) is 82.5 Å². The van der Waals surface area contributed by atoms with Gasteiger partial charge in [-0.2, -0.15) is 0 Å². The van der Waals surface area contributed by atoms with Gasteiger partial charge in [-0.1, -0.05) is 23.0 Å². The number of amides is 4. The maximum Gasteiger partial charge on any atom is 0.410 e. The van der Waals surface area contributed by atoms with Crippen LogP contribution in [0.4, 0.5) is 4.79 Å². The summed E-state index contributed by atoms with van der Waals surface area (Å²) in [5, 5.41) is 6.15. The van der Waals surface area contributed by atoms with Crippen LogP contribution in [0.5, 0.6) is 0 Å². The summed E-state index contributed by atoms with van der Waals surface area (Å²) in [6, 6.07) is 4.73. The summed E-state index contributed by atoms with van der Waals surface area (Å²) in [6.45, 7) is 7.07. The van der Waals surface area contributed by atoms with Crippen LogP contribution in [0.3, 0.4) is 0 Å². The number of rotatable bonds is 9. The predicted molar refractivity (Wildman–Crippen MR) is 158 cm³/mol. The maximum atomic E-state index is 13.0. The molecular formula is C31H40N6O6. The molecule has 0 bridgehead atoms. The Bertz CT molecular complexity index is 1330. The number of nitrogens with zero attached hydrogens (tertiary/aromatic N) is 5. The van der Waals surface area contributed by atoms with E-state index in [-0.39, 0.29) is 43.0 Å². The minimum atomic E-state index is -0.658. The molecule has 1 N–H and O–H groups in total. The second-order valence-electron chi connectivity index (χ2n) is 12.1. The van der Waals surface area contributed by atoms with Gasteiger partial charge in [0, 0.05) is 60.7 Å². The highest BCUT2D eigenvalue weighted by Crippen LogP contribution is 2.30. The van der Waals surface area contributed by atoms with Gasteiger partial charge < -0.3 is 19.3 Å². The van der Waals surface area contributed by atoms with Gasteiger partial charge in [0.2, 0.25) is 11.8 Å². The van der Waals surface area contributed by atoms with Crippen molar-refractivity contribution in [3.8, 4) is 11.8 Å². The molecule has 4 amide bonds. The number of hydrogen-bond acceptors (Lipinski definition) is 7. The molecule has 2 aliphatic heterocycles. The van der Waals surface area contributed by atoms with Gasteiger partial charge >= 0.3 is 6.09 Å². The third kappa shape index (κ3) is 8.49. The molecule has 4 rings (SSSR count). The Morgan fingerprint density at radius 2 is 1.93 bits per heavy atom. The number of imide groups is 1. The number of hydrogen-bond donors (Lipinski definition) is 1. The van der Waals surface area contributed by atoms with E-state index >= 15 is 0 Å². The van der Waals surface area contributed by atoms with E-state index in [1.807, 2.05) is 26.8 Å². The van der Waals surface area contributed by atoms with E-state index in [2.05, 4.69) is 27.2 Å². The number of unbranched alkanes of at least 4 members (excludes halogenated alkanes) is 1. The molecule has 1 unspecified atom stereocenters. The molecule has 1 aromatic rings. The molecule has 0 spiro atoms. The number of benzene rings is 1. The summed E-state index contributed by atoms with van der Waals surface area (Å²) in [5.41, 5.74) is 10.2. The normalized spacial score (nSPS) is 21.7. The third-order valence-electron chi connectivity index (χ3n) is 7.82. The molecule has 12 nitrogen and oxygen atoms in total. The summed E-state index contributed by atoms with van der Waals surface area (Å²) >= 11 is 0. The number of carbonyl (C=O) groups excluding carboxylic acids is 4. The van der Waals surface area contributed by atoms with Crippen LogP contribution >= 0.6 is 0 Å². The van der Waals surface area contributed by atoms with Crippen LogP contribution in [0.25, 0.3) is 10.4 Å². The Morgan fingerprint density at radius 3 is 2.63 bits per heavy atom. The third-order valence-corrected chi connectivity index (χ3v) is 7.82. The first-order chi connectivity index (χ1) is 20.6. The van der Waals surface area contributed by atoms with Crippen molar-refractivity contribution in [3.05, 3.63) is 45.3 Å². The van der Waals surface area contributed by atoms with Crippen LogP contribution in [0, 0.1) is 11.8 Å². The van der Waals surface area contributed by atoms with E-state index in [4.69, 9.17) is 15.0 Å². The molecule has 1 aromatic carbocycles. The number of carbonyl (C=O) groups is 4. The second-order valence-corrected chi connectivity index (χ2v) is 12.1. The maximum absolute atomic E-state index is 13.0. The van der Waals surface area contributed by atoms with Gasteiger partial charge in [0.05, 0.1) is 6.61 Å². The van der Waals surface area contributed by atoms with Crippen molar-refractivity contribution in [1.29, 1.82) is 0 Å². The van der Waals surface area contributed by atoms with Crippen LogP contribution in [0.2, 0.25) is 0 Å². The number of fused-ring (bicyclic) bond motifs is 1. The molecule has 2 fully saturated rings. The Hall–Kier alpha value is -4.07. The molecule has 12 heteroatoms. The van der Waals surface area contributed by atoms with Crippen molar-refractivity contribution in [2.75, 3.05) is 19.8 Å². The fourth-order valence-electron chi connectivity index (χ4n) is 5.69. The minimum Gasteiger partial charge on any atom is -0.444 e. The van der Waals surface area contributed by atoms with Gasteiger partial charge in [0.15, 0.2) is 0 Å². The van der Waals surface area contributed by atoms with Crippen molar-refractivity contribution in [2.45, 2.75) is 102 Å².